The van der Waals surface area contributed by atoms with Gasteiger partial charge in [0.25, 0.3) is 5.69 Å². The fourth-order valence-electron chi connectivity index (χ4n) is 5.42. The molecule has 0 aromatic heterocycles. The summed E-state index contributed by atoms with van der Waals surface area (Å²) in [6.45, 7) is 2.00. The van der Waals surface area contributed by atoms with Crippen LogP contribution in [0.4, 0.5) is 17.1 Å². The predicted molar refractivity (Wildman–Crippen MR) is 156 cm³/mol. The van der Waals surface area contributed by atoms with E-state index in [1.54, 1.807) is 30.8 Å². The van der Waals surface area contributed by atoms with Gasteiger partial charge in [0.05, 0.1) is 22.9 Å². The molecule has 0 amide bonds. The average Bonchev–Trinajstić information content (AvgIpc) is 3.25. The summed E-state index contributed by atoms with van der Waals surface area (Å²) < 4.78 is 5.53. The molecule has 40 heavy (non-hydrogen) atoms. The number of hydrogen-bond donors (Lipinski definition) is 0. The fraction of sp³-hybridized carbons (Fsp3) is 0.161. The number of carbonyl (C=O) groups is 1. The van der Waals surface area contributed by atoms with Crippen LogP contribution >= 0.6 is 11.8 Å². The van der Waals surface area contributed by atoms with Crippen LogP contribution in [0.3, 0.4) is 0 Å². The summed E-state index contributed by atoms with van der Waals surface area (Å²) in [6.07, 6.45) is 0.509. The Morgan fingerprint density at radius 1 is 0.975 bits per heavy atom. The number of thioether (sulfide) groups is 1. The van der Waals surface area contributed by atoms with Crippen LogP contribution in [0.5, 0.6) is 0 Å². The number of esters is 1. The molecule has 8 nitrogen and oxygen atoms in total. The zero-order valence-electron chi connectivity index (χ0n) is 21.7. The van der Waals surface area contributed by atoms with Crippen molar-refractivity contribution in [3.8, 4) is 0 Å². The lowest BCUT2D eigenvalue weighted by atomic mass is 9.88. The fourth-order valence-corrected chi connectivity index (χ4v) is 6.77. The number of para-hydroxylation sites is 2. The molecule has 0 aliphatic carbocycles. The predicted octanol–water partition coefficient (Wildman–Crippen LogP) is 6.89. The zero-order valence-corrected chi connectivity index (χ0v) is 22.5. The van der Waals surface area contributed by atoms with Gasteiger partial charge in [-0.15, -0.1) is 16.9 Å². The van der Waals surface area contributed by atoms with Crippen LogP contribution in [0, 0.1) is 10.1 Å². The molecule has 2 aliphatic rings. The maximum atomic E-state index is 13.5. The van der Waals surface area contributed by atoms with E-state index in [2.05, 4.69) is 12.1 Å². The second kappa shape index (κ2) is 10.5. The Labute approximate surface area is 236 Å². The van der Waals surface area contributed by atoms with Gasteiger partial charge in [-0.05, 0) is 36.8 Å². The van der Waals surface area contributed by atoms with Crippen molar-refractivity contribution in [3.63, 3.8) is 0 Å². The number of rotatable bonds is 6. The van der Waals surface area contributed by atoms with Gasteiger partial charge in [-0.3, -0.25) is 15.0 Å². The highest BCUT2D eigenvalue weighted by atomic mass is 32.2. The first kappa shape index (κ1) is 25.6. The molecule has 2 unspecified atom stereocenters. The summed E-state index contributed by atoms with van der Waals surface area (Å²) in [5.41, 5.74) is 2.65. The minimum atomic E-state index is -0.948. The van der Waals surface area contributed by atoms with E-state index >= 15 is 0 Å². The van der Waals surface area contributed by atoms with Crippen LogP contribution in [-0.2, 0) is 15.2 Å². The Balaban J connectivity index is 1.63. The van der Waals surface area contributed by atoms with Crippen molar-refractivity contribution in [1.29, 1.82) is 0 Å². The van der Waals surface area contributed by atoms with Crippen LogP contribution in [0.15, 0.2) is 119 Å². The number of hydrazone groups is 1. The first-order valence-electron chi connectivity index (χ1n) is 13.0. The SMILES string of the molecule is CCOC(=O)C1=NN(c2ccccc2)C2(c3ccccc3)CC(c3ccc([N+](=O)[O-])cc3)Sc3ccccc3N12. The number of hydrogen-bond acceptors (Lipinski definition) is 8. The first-order valence-corrected chi connectivity index (χ1v) is 13.9. The number of nitro benzene ring substituents is 1. The Kier molecular flexibility index (Phi) is 6.73. The standard InChI is InChI=1S/C31H26N4O4S/c1-2-39-30(36)29-32-34(24-13-7-4-8-14-24)31(23-11-5-3-6-12-23)21-28(22-17-19-25(20-18-22)35(37)38)40-27-16-10-9-15-26(27)33(29)31/h3-20,28H,2,21H2,1H3. The third kappa shape index (κ3) is 4.28. The molecule has 2 heterocycles. The van der Waals surface area contributed by atoms with Crippen molar-refractivity contribution in [2.24, 2.45) is 5.10 Å². The van der Waals surface area contributed by atoms with Gasteiger partial charge in [-0.25, -0.2) is 9.80 Å². The number of anilines is 2. The summed E-state index contributed by atoms with van der Waals surface area (Å²) in [6, 6.07) is 34.5. The molecule has 9 heteroatoms. The third-order valence-electron chi connectivity index (χ3n) is 7.14. The minimum absolute atomic E-state index is 0.0434. The van der Waals surface area contributed by atoms with Gasteiger partial charge in [0.15, 0.2) is 5.66 Å². The summed E-state index contributed by atoms with van der Waals surface area (Å²) >= 11 is 1.67. The van der Waals surface area contributed by atoms with Gasteiger partial charge in [0.2, 0.25) is 5.84 Å². The van der Waals surface area contributed by atoms with E-state index in [4.69, 9.17) is 9.84 Å². The summed E-state index contributed by atoms with van der Waals surface area (Å²) in [7, 11) is 0. The van der Waals surface area contributed by atoms with Gasteiger partial charge in [-0.1, -0.05) is 72.8 Å². The molecule has 2 atom stereocenters. The Morgan fingerprint density at radius 3 is 2.30 bits per heavy atom. The number of fused-ring (bicyclic) bond motifs is 3. The van der Waals surface area contributed by atoms with E-state index in [1.165, 1.54) is 0 Å². The van der Waals surface area contributed by atoms with E-state index in [0.717, 1.165) is 27.4 Å². The van der Waals surface area contributed by atoms with Crippen LogP contribution < -0.4 is 9.91 Å². The molecule has 0 spiro atoms. The molecule has 0 saturated carbocycles. The van der Waals surface area contributed by atoms with Gasteiger partial charge in [0, 0.05) is 34.3 Å². The van der Waals surface area contributed by atoms with Crippen molar-refractivity contribution in [2.75, 3.05) is 16.5 Å². The smallest absolute Gasteiger partial charge is 0.376 e. The lowest BCUT2D eigenvalue weighted by molar-refractivity contribution is -0.384. The largest absolute Gasteiger partial charge is 0.460 e. The highest BCUT2D eigenvalue weighted by molar-refractivity contribution is 7.99. The Morgan fingerprint density at radius 2 is 1.62 bits per heavy atom. The number of non-ortho nitro benzene ring substituents is 1. The normalized spacial score (nSPS) is 19.7. The molecule has 0 fully saturated rings. The van der Waals surface area contributed by atoms with Gasteiger partial charge in [0.1, 0.15) is 0 Å². The lowest BCUT2D eigenvalue weighted by Crippen LogP contribution is -2.55. The topological polar surface area (TPSA) is 88.3 Å². The first-order chi connectivity index (χ1) is 19.5. The molecule has 0 bridgehead atoms. The Bertz CT molecular complexity index is 1580. The molecule has 4 aromatic rings. The quantitative estimate of drug-likeness (QED) is 0.147. The van der Waals surface area contributed by atoms with Gasteiger partial charge < -0.3 is 4.74 Å². The Hall–Kier alpha value is -4.63. The van der Waals surface area contributed by atoms with Crippen molar-refractivity contribution < 1.29 is 14.5 Å². The molecule has 6 rings (SSSR count). The summed E-state index contributed by atoms with van der Waals surface area (Å²) in [5.74, 6) is -0.304. The maximum Gasteiger partial charge on any atom is 0.376 e. The van der Waals surface area contributed by atoms with Gasteiger partial charge >= 0.3 is 5.97 Å². The highest BCUT2D eigenvalue weighted by Crippen LogP contribution is 2.57. The van der Waals surface area contributed by atoms with E-state index in [1.807, 2.05) is 94.8 Å². The minimum Gasteiger partial charge on any atom is -0.460 e. The molecule has 0 N–H and O–H groups in total. The van der Waals surface area contributed by atoms with Crippen molar-refractivity contribution in [3.05, 3.63) is 130 Å². The average molecular weight is 551 g/mol. The number of nitro groups is 1. The number of nitrogens with zero attached hydrogens (tertiary/aromatic N) is 4. The second-order valence-corrected chi connectivity index (χ2v) is 10.7. The third-order valence-corrected chi connectivity index (χ3v) is 8.47. The second-order valence-electron chi connectivity index (χ2n) is 9.44. The van der Waals surface area contributed by atoms with Crippen molar-refractivity contribution in [1.82, 2.24) is 0 Å². The molecular weight excluding hydrogens is 524 g/mol. The number of ether oxygens (including phenoxy) is 1. The van der Waals surface area contributed by atoms with Crippen LogP contribution in [0.1, 0.15) is 29.7 Å². The lowest BCUT2D eigenvalue weighted by Gasteiger charge is -2.45. The molecule has 2 aliphatic heterocycles. The molecule has 4 aromatic carbocycles. The van der Waals surface area contributed by atoms with Crippen LogP contribution in [-0.4, -0.2) is 23.3 Å². The van der Waals surface area contributed by atoms with E-state index in [0.29, 0.717) is 6.42 Å². The van der Waals surface area contributed by atoms with Crippen LogP contribution in [0.2, 0.25) is 0 Å². The van der Waals surface area contributed by atoms with Crippen molar-refractivity contribution in [2.45, 2.75) is 29.2 Å². The molecule has 200 valence electrons. The van der Waals surface area contributed by atoms with Crippen molar-refractivity contribution >= 4 is 40.6 Å². The zero-order chi connectivity index (χ0) is 27.7. The van der Waals surface area contributed by atoms with E-state index in [-0.39, 0.29) is 28.3 Å². The number of carbonyl (C=O) groups excluding carboxylic acids is 1. The number of amidine groups is 1. The van der Waals surface area contributed by atoms with E-state index < -0.39 is 11.6 Å². The molecule has 0 radical (unpaired) electrons. The molecule has 0 saturated heterocycles. The van der Waals surface area contributed by atoms with E-state index in [9.17, 15) is 14.9 Å². The monoisotopic (exact) mass is 550 g/mol. The molecular formula is C31H26N4O4S. The summed E-state index contributed by atoms with van der Waals surface area (Å²) in [4.78, 5) is 27.5. The highest BCUT2D eigenvalue weighted by Gasteiger charge is 2.56. The maximum absolute atomic E-state index is 13.5. The summed E-state index contributed by atoms with van der Waals surface area (Å²) in [5, 5.41) is 18.1. The number of benzene rings is 4. The van der Waals surface area contributed by atoms with Gasteiger partial charge in [-0.2, -0.15) is 0 Å². The van der Waals surface area contributed by atoms with Crippen LogP contribution in [0.25, 0.3) is 0 Å².